The summed E-state index contributed by atoms with van der Waals surface area (Å²) in [6.07, 6.45) is 5.76. The number of nitrogens with one attached hydrogen (secondary N) is 1. The summed E-state index contributed by atoms with van der Waals surface area (Å²) >= 11 is 0. The van der Waals surface area contributed by atoms with E-state index in [0.717, 1.165) is 62.2 Å². The number of ether oxygens (including phenoxy) is 1. The number of rotatable bonds is 4. The molecule has 146 valence electrons. The minimum Gasteiger partial charge on any atom is -0.497 e. The van der Waals surface area contributed by atoms with Crippen molar-refractivity contribution >= 4 is 18.3 Å². The highest BCUT2D eigenvalue weighted by molar-refractivity contribution is 5.93. The van der Waals surface area contributed by atoms with Crippen molar-refractivity contribution in [2.45, 2.75) is 19.4 Å². The van der Waals surface area contributed by atoms with Crippen LogP contribution in [0.3, 0.4) is 0 Å². The smallest absolute Gasteiger partial charge is 0.257 e. The number of aromatic nitrogens is 2. The van der Waals surface area contributed by atoms with Crippen molar-refractivity contribution in [2.24, 2.45) is 11.8 Å². The van der Waals surface area contributed by atoms with Gasteiger partial charge in [-0.25, -0.2) is 0 Å². The fourth-order valence-corrected chi connectivity index (χ4v) is 4.08. The van der Waals surface area contributed by atoms with Gasteiger partial charge >= 0.3 is 0 Å². The third kappa shape index (κ3) is 4.45. The van der Waals surface area contributed by atoms with Crippen molar-refractivity contribution in [1.82, 2.24) is 20.0 Å². The molecule has 27 heavy (non-hydrogen) atoms. The van der Waals surface area contributed by atoms with Crippen molar-refractivity contribution in [3.8, 4) is 5.75 Å². The maximum Gasteiger partial charge on any atom is 0.257 e. The Morgan fingerprint density at radius 1 is 1.19 bits per heavy atom. The maximum absolute atomic E-state index is 12.9. The third-order valence-electron chi connectivity index (χ3n) is 5.69. The average Bonchev–Trinajstić information content (AvgIpc) is 3.27. The standard InChI is InChI=1S/C20H26N4O2.ClH/c1-26-19-4-2-15(3-5-19)13-24-14-18(12-22-24)20(25)23-8-6-16-10-21-11-17(16)7-9-23;/h2-5,12,14,16-17,21H,6-11,13H2,1H3;1H/t16-,17+;. The second-order valence-corrected chi connectivity index (χ2v) is 7.32. The number of fused-ring (bicyclic) bond motifs is 1. The van der Waals surface area contributed by atoms with Crippen molar-refractivity contribution in [2.75, 3.05) is 33.3 Å². The molecule has 2 aliphatic heterocycles. The number of halogens is 1. The number of nitrogens with zero attached hydrogens (tertiary/aromatic N) is 3. The first-order valence-electron chi connectivity index (χ1n) is 9.38. The second-order valence-electron chi connectivity index (χ2n) is 7.32. The number of carbonyl (C=O) groups excluding carboxylic acids is 1. The van der Waals surface area contributed by atoms with Gasteiger partial charge in [-0.1, -0.05) is 12.1 Å². The van der Waals surface area contributed by atoms with Crippen molar-refractivity contribution < 1.29 is 9.53 Å². The molecule has 6 nitrogen and oxygen atoms in total. The Balaban J connectivity index is 0.00000210. The minimum atomic E-state index is 0. The van der Waals surface area contributed by atoms with Crippen LogP contribution in [0.15, 0.2) is 36.7 Å². The molecule has 0 saturated carbocycles. The van der Waals surface area contributed by atoms with Crippen molar-refractivity contribution in [3.63, 3.8) is 0 Å². The summed E-state index contributed by atoms with van der Waals surface area (Å²) in [5.74, 6) is 2.40. The Morgan fingerprint density at radius 2 is 1.85 bits per heavy atom. The third-order valence-corrected chi connectivity index (χ3v) is 5.69. The number of carbonyl (C=O) groups is 1. The number of hydrogen-bond acceptors (Lipinski definition) is 4. The van der Waals surface area contributed by atoms with Gasteiger partial charge in [-0.15, -0.1) is 12.4 Å². The van der Waals surface area contributed by atoms with Gasteiger partial charge in [0.05, 0.1) is 25.4 Å². The monoisotopic (exact) mass is 390 g/mol. The van der Waals surface area contributed by atoms with E-state index in [1.165, 1.54) is 0 Å². The summed E-state index contributed by atoms with van der Waals surface area (Å²) in [7, 11) is 1.66. The van der Waals surface area contributed by atoms with Crippen LogP contribution in [0.1, 0.15) is 28.8 Å². The highest BCUT2D eigenvalue weighted by atomic mass is 35.5. The number of benzene rings is 1. The first-order valence-corrected chi connectivity index (χ1v) is 9.38. The molecule has 0 bridgehead atoms. The van der Waals surface area contributed by atoms with Crippen LogP contribution in [-0.4, -0.2) is 53.9 Å². The Hall–Kier alpha value is -2.05. The molecule has 2 fully saturated rings. The molecule has 3 heterocycles. The van der Waals surface area contributed by atoms with E-state index >= 15 is 0 Å². The Bertz CT molecular complexity index is 748. The van der Waals surface area contributed by atoms with E-state index in [9.17, 15) is 4.79 Å². The lowest BCUT2D eigenvalue weighted by atomic mass is 9.92. The molecule has 1 aromatic heterocycles. The molecule has 2 saturated heterocycles. The molecule has 1 aromatic carbocycles. The molecule has 2 atom stereocenters. The maximum atomic E-state index is 12.9. The number of hydrogen-bond donors (Lipinski definition) is 1. The van der Waals surface area contributed by atoms with Crippen LogP contribution in [-0.2, 0) is 6.54 Å². The van der Waals surface area contributed by atoms with E-state index in [2.05, 4.69) is 10.4 Å². The molecule has 1 amide bonds. The van der Waals surface area contributed by atoms with Gasteiger partial charge in [-0.3, -0.25) is 9.48 Å². The lowest BCUT2D eigenvalue weighted by Gasteiger charge is -2.20. The summed E-state index contributed by atoms with van der Waals surface area (Å²) in [5, 5.41) is 7.86. The quantitative estimate of drug-likeness (QED) is 0.871. The van der Waals surface area contributed by atoms with E-state index in [-0.39, 0.29) is 18.3 Å². The van der Waals surface area contributed by atoms with Gasteiger partial charge in [0.15, 0.2) is 0 Å². The fraction of sp³-hybridized carbons (Fsp3) is 0.500. The molecule has 2 aliphatic rings. The molecule has 7 heteroatoms. The summed E-state index contributed by atoms with van der Waals surface area (Å²) in [5.41, 5.74) is 1.81. The SMILES string of the molecule is COc1ccc(Cn2cc(C(=O)N3CC[C@@H]4CNC[C@@H]4CC3)cn2)cc1.Cl. The largest absolute Gasteiger partial charge is 0.497 e. The summed E-state index contributed by atoms with van der Waals surface area (Å²) < 4.78 is 7.01. The Morgan fingerprint density at radius 3 is 2.48 bits per heavy atom. The highest BCUT2D eigenvalue weighted by Crippen LogP contribution is 2.27. The molecular weight excluding hydrogens is 364 g/mol. The van der Waals surface area contributed by atoms with Gasteiger partial charge in [0.2, 0.25) is 0 Å². The van der Waals surface area contributed by atoms with Crippen LogP contribution in [0.5, 0.6) is 5.75 Å². The molecular formula is C20H27ClN4O2. The zero-order valence-corrected chi connectivity index (χ0v) is 16.5. The van der Waals surface area contributed by atoms with Gasteiger partial charge in [-0.05, 0) is 55.5 Å². The number of methoxy groups -OCH3 is 1. The average molecular weight is 391 g/mol. The van der Waals surface area contributed by atoms with E-state index in [0.29, 0.717) is 12.1 Å². The van der Waals surface area contributed by atoms with Gasteiger partial charge in [0.25, 0.3) is 5.91 Å². The predicted octanol–water partition coefficient (Wildman–Crippen LogP) is 2.43. The fourth-order valence-electron chi connectivity index (χ4n) is 4.08. The van der Waals surface area contributed by atoms with Gasteiger partial charge in [-0.2, -0.15) is 5.10 Å². The van der Waals surface area contributed by atoms with Crippen LogP contribution in [0.4, 0.5) is 0 Å². The molecule has 0 unspecified atom stereocenters. The Labute approximate surface area is 166 Å². The van der Waals surface area contributed by atoms with Crippen LogP contribution < -0.4 is 10.1 Å². The predicted molar refractivity (Wildman–Crippen MR) is 107 cm³/mol. The molecule has 0 aliphatic carbocycles. The highest BCUT2D eigenvalue weighted by Gasteiger charge is 2.31. The first-order chi connectivity index (χ1) is 12.7. The second kappa shape index (κ2) is 8.76. The lowest BCUT2D eigenvalue weighted by Crippen LogP contribution is -2.32. The summed E-state index contributed by atoms with van der Waals surface area (Å²) in [4.78, 5) is 14.9. The van der Waals surface area contributed by atoms with Crippen molar-refractivity contribution in [3.05, 3.63) is 47.8 Å². The topological polar surface area (TPSA) is 59.4 Å². The summed E-state index contributed by atoms with van der Waals surface area (Å²) in [6.45, 7) is 4.56. The normalized spacial score (nSPS) is 21.9. The van der Waals surface area contributed by atoms with Crippen LogP contribution in [0.2, 0.25) is 0 Å². The minimum absolute atomic E-state index is 0. The van der Waals surface area contributed by atoms with E-state index in [4.69, 9.17) is 4.74 Å². The summed E-state index contributed by atoms with van der Waals surface area (Å²) in [6, 6.07) is 7.91. The number of amides is 1. The van der Waals surface area contributed by atoms with E-state index < -0.39 is 0 Å². The molecule has 0 spiro atoms. The van der Waals surface area contributed by atoms with Crippen LogP contribution >= 0.6 is 12.4 Å². The van der Waals surface area contributed by atoms with E-state index in [1.54, 1.807) is 13.3 Å². The number of likely N-dealkylation sites (tertiary alicyclic amines) is 1. The molecule has 1 N–H and O–H groups in total. The molecule has 2 aromatic rings. The van der Waals surface area contributed by atoms with Gasteiger partial charge in [0, 0.05) is 19.3 Å². The zero-order chi connectivity index (χ0) is 17.9. The molecule has 4 rings (SSSR count). The lowest BCUT2D eigenvalue weighted by molar-refractivity contribution is 0.0758. The van der Waals surface area contributed by atoms with Gasteiger partial charge < -0.3 is 15.0 Å². The first kappa shape index (κ1) is 19.7. The molecule has 0 radical (unpaired) electrons. The van der Waals surface area contributed by atoms with Gasteiger partial charge in [0.1, 0.15) is 5.75 Å². The van der Waals surface area contributed by atoms with Crippen LogP contribution in [0, 0.1) is 11.8 Å². The Kier molecular flexibility index (Phi) is 6.39. The van der Waals surface area contributed by atoms with E-state index in [1.807, 2.05) is 40.0 Å². The van der Waals surface area contributed by atoms with Crippen molar-refractivity contribution in [1.29, 1.82) is 0 Å². The van der Waals surface area contributed by atoms with Crippen LogP contribution in [0.25, 0.3) is 0 Å². The zero-order valence-electron chi connectivity index (χ0n) is 15.6.